The Kier molecular flexibility index (Phi) is 3.76. The van der Waals surface area contributed by atoms with E-state index >= 15 is 0 Å². The van der Waals surface area contributed by atoms with Crippen molar-refractivity contribution >= 4 is 22.7 Å². The Morgan fingerprint density at radius 1 is 0.963 bits per heavy atom. The summed E-state index contributed by atoms with van der Waals surface area (Å²) in [4.78, 5) is 0. The van der Waals surface area contributed by atoms with Crippen molar-refractivity contribution in [1.82, 2.24) is 4.57 Å². The summed E-state index contributed by atoms with van der Waals surface area (Å²) in [6.45, 7) is 0. The van der Waals surface area contributed by atoms with Crippen LogP contribution >= 0.6 is 0 Å². The molecular weight excluding hydrogens is 406 g/mol. The third kappa shape index (κ3) is 2.46. The summed E-state index contributed by atoms with van der Waals surface area (Å²) in [5.41, 5.74) is 9.16. The molecule has 0 N–H and O–H groups in total. The van der Waals surface area contributed by atoms with Crippen molar-refractivity contribution in [2.45, 2.75) is 29.3 Å². The van der Waals surface area contributed by atoms with Crippen molar-refractivity contribution in [2.24, 2.45) is 0 Å². The van der Waals surface area contributed by atoms with Crippen LogP contribution < -0.4 is 0 Å². The number of benzene rings is 2. The number of aryl methyl sites for hydroxylation is 1. The Bertz CT molecular complexity index is 1160. The molecule has 1 aromatic heterocycles. The van der Waals surface area contributed by atoms with Crippen LogP contribution in [0.25, 0.3) is 22.7 Å². The average molecular weight is 427 g/mol. The molecule has 0 spiro atoms. The molecule has 3 aliphatic rings. The first-order valence-corrected chi connectivity index (χ1v) is 12.6. The van der Waals surface area contributed by atoms with E-state index in [2.05, 4.69) is 77.4 Å². The number of para-hydroxylation sites is 1. The molecule has 0 amide bonds. The van der Waals surface area contributed by atoms with Gasteiger partial charge in [0, 0.05) is 0 Å². The van der Waals surface area contributed by atoms with Gasteiger partial charge < -0.3 is 0 Å². The maximum absolute atomic E-state index is 2.66. The van der Waals surface area contributed by atoms with E-state index in [4.69, 9.17) is 0 Å². The van der Waals surface area contributed by atoms with Gasteiger partial charge in [-0.3, -0.25) is 0 Å². The predicted molar refractivity (Wildman–Crippen MR) is 109 cm³/mol. The summed E-state index contributed by atoms with van der Waals surface area (Å²) >= 11 is -0.724. The normalized spacial score (nSPS) is 19.9. The number of nitrogens with zero attached hydrogens (tertiary/aromatic N) is 1. The second-order valence-electron chi connectivity index (χ2n) is 7.73. The molecule has 0 fully saturated rings. The molecular formula is C25H21NZr. The fourth-order valence-corrected chi connectivity index (χ4v) is 8.90. The van der Waals surface area contributed by atoms with E-state index in [-0.39, 0.29) is 0 Å². The summed E-state index contributed by atoms with van der Waals surface area (Å²) in [5.74, 6) is 0. The Morgan fingerprint density at radius 3 is 2.78 bits per heavy atom. The standard InChI is InChI=1S/C20H16N.C5H5.Zr/c1-2-7-15-13-16(12-14(15)6-1)21-19-10-4-3-8-17(19)18-9-5-11-20(18)21;1-2-4-5-3-1;/h1-4,6-8,10,12-13H,5,9,11H2;1-3H,4H2;. The third-order valence-electron chi connectivity index (χ3n) is 6.19. The van der Waals surface area contributed by atoms with Crippen LogP contribution in [0.3, 0.4) is 0 Å². The minimum atomic E-state index is -0.724. The van der Waals surface area contributed by atoms with Crippen LogP contribution in [0.2, 0.25) is 0 Å². The zero-order chi connectivity index (χ0) is 17.8. The van der Waals surface area contributed by atoms with Gasteiger partial charge >= 0.3 is 172 Å². The Labute approximate surface area is 171 Å². The Balaban J connectivity index is 1.55. The topological polar surface area (TPSA) is 4.93 Å². The van der Waals surface area contributed by atoms with Gasteiger partial charge in [0.1, 0.15) is 0 Å². The molecule has 0 bridgehead atoms. The minimum absolute atomic E-state index is 0.622. The van der Waals surface area contributed by atoms with E-state index < -0.39 is 23.2 Å². The van der Waals surface area contributed by atoms with E-state index in [1.807, 2.05) is 0 Å². The average Bonchev–Trinajstić information content (AvgIpc) is 3.46. The Hall–Kier alpha value is -1.92. The van der Waals surface area contributed by atoms with Gasteiger partial charge in [0.15, 0.2) is 0 Å². The van der Waals surface area contributed by atoms with Gasteiger partial charge in [-0.25, -0.2) is 0 Å². The molecule has 2 heteroatoms. The van der Waals surface area contributed by atoms with Gasteiger partial charge in [0.2, 0.25) is 0 Å². The van der Waals surface area contributed by atoms with Gasteiger partial charge in [-0.05, 0) is 0 Å². The van der Waals surface area contributed by atoms with E-state index in [1.54, 1.807) is 25.8 Å². The molecule has 0 saturated heterocycles. The second kappa shape index (κ2) is 6.31. The van der Waals surface area contributed by atoms with Crippen molar-refractivity contribution in [3.8, 4) is 0 Å². The number of allylic oxidation sites excluding steroid dienone is 5. The number of aromatic nitrogens is 1. The van der Waals surface area contributed by atoms with E-state index in [0.717, 1.165) is 0 Å². The molecule has 1 nitrogen and oxygen atoms in total. The molecule has 0 radical (unpaired) electrons. The summed E-state index contributed by atoms with van der Waals surface area (Å²) in [5, 5.41) is 1.48. The molecule has 1 unspecified atom stereocenters. The predicted octanol–water partition coefficient (Wildman–Crippen LogP) is 6.11. The van der Waals surface area contributed by atoms with E-state index in [1.165, 1.54) is 42.1 Å². The number of hydrogen-bond donors (Lipinski definition) is 0. The molecule has 0 aliphatic heterocycles. The van der Waals surface area contributed by atoms with E-state index in [0.29, 0.717) is 3.63 Å². The van der Waals surface area contributed by atoms with Gasteiger partial charge in [-0.15, -0.1) is 0 Å². The molecule has 2 aromatic carbocycles. The fourth-order valence-electron chi connectivity index (χ4n) is 5.02. The summed E-state index contributed by atoms with van der Waals surface area (Å²) < 4.78 is 5.00. The van der Waals surface area contributed by atoms with Crippen LogP contribution in [0.15, 0.2) is 70.0 Å². The van der Waals surface area contributed by atoms with Crippen molar-refractivity contribution < 1.29 is 23.2 Å². The van der Waals surface area contributed by atoms with Crippen LogP contribution in [0.1, 0.15) is 38.9 Å². The monoisotopic (exact) mass is 425 g/mol. The maximum atomic E-state index is 2.66. The molecule has 3 aliphatic carbocycles. The molecule has 3 aromatic rings. The number of hydrogen-bond acceptors (Lipinski definition) is 0. The van der Waals surface area contributed by atoms with Crippen LogP contribution in [0, 0.1) is 0 Å². The zero-order valence-corrected chi connectivity index (χ0v) is 17.7. The quantitative estimate of drug-likeness (QED) is 0.476. The first-order chi connectivity index (χ1) is 13.4. The van der Waals surface area contributed by atoms with Crippen molar-refractivity contribution in [3.63, 3.8) is 0 Å². The number of fused-ring (bicyclic) bond motifs is 4. The Morgan fingerprint density at radius 2 is 1.85 bits per heavy atom. The third-order valence-corrected chi connectivity index (χ3v) is 10.2. The summed E-state index contributed by atoms with van der Waals surface area (Å²) in [6, 6.07) is 18.2. The van der Waals surface area contributed by atoms with Crippen LogP contribution in [-0.2, 0) is 36.1 Å². The van der Waals surface area contributed by atoms with Crippen molar-refractivity contribution in [2.75, 3.05) is 0 Å². The zero-order valence-electron chi connectivity index (χ0n) is 15.3. The molecule has 130 valence electrons. The molecule has 6 rings (SSSR count). The fraction of sp³-hybridized carbons (Fsp3) is 0.200. The van der Waals surface area contributed by atoms with Crippen molar-refractivity contribution in [3.05, 3.63) is 92.4 Å². The van der Waals surface area contributed by atoms with Gasteiger partial charge in [0.25, 0.3) is 0 Å². The van der Waals surface area contributed by atoms with Crippen LogP contribution in [-0.4, -0.2) is 4.57 Å². The summed E-state index contributed by atoms with van der Waals surface area (Å²) in [7, 11) is 0. The first-order valence-electron chi connectivity index (χ1n) is 9.94. The molecule has 1 heterocycles. The van der Waals surface area contributed by atoms with Gasteiger partial charge in [0.05, 0.1) is 0 Å². The van der Waals surface area contributed by atoms with E-state index in [9.17, 15) is 0 Å². The van der Waals surface area contributed by atoms with Crippen LogP contribution in [0.5, 0.6) is 0 Å². The van der Waals surface area contributed by atoms with Crippen LogP contribution in [0.4, 0.5) is 0 Å². The first kappa shape index (κ1) is 16.1. The molecule has 27 heavy (non-hydrogen) atoms. The van der Waals surface area contributed by atoms with Gasteiger partial charge in [-0.1, -0.05) is 0 Å². The van der Waals surface area contributed by atoms with Crippen molar-refractivity contribution in [1.29, 1.82) is 0 Å². The number of rotatable bonds is 3. The molecule has 1 atom stereocenters. The van der Waals surface area contributed by atoms with Gasteiger partial charge in [-0.2, -0.15) is 0 Å². The SMILES string of the molecule is C1=CC[C]([Zr][CH]2C(n3c4c(c5ccccc53)CCC4)=Cc3ccccc32)=C1. The second-order valence-corrected chi connectivity index (χ2v) is 11.4. The molecule has 0 saturated carbocycles. The summed E-state index contributed by atoms with van der Waals surface area (Å²) in [6.07, 6.45) is 14.4.